The summed E-state index contributed by atoms with van der Waals surface area (Å²) in [5, 5.41) is 6.91. The lowest BCUT2D eigenvalue weighted by atomic mass is 10.3. The van der Waals surface area contributed by atoms with Gasteiger partial charge in [-0.3, -0.25) is 9.48 Å². The van der Waals surface area contributed by atoms with Gasteiger partial charge < -0.3 is 5.32 Å². The summed E-state index contributed by atoms with van der Waals surface area (Å²) in [5.74, 6) is -0.319. The van der Waals surface area contributed by atoms with Crippen molar-refractivity contribution in [3.63, 3.8) is 0 Å². The molecule has 2 rings (SSSR count). The van der Waals surface area contributed by atoms with Gasteiger partial charge in [-0.1, -0.05) is 17.7 Å². The Balaban J connectivity index is 1.78. The number of amides is 1. The van der Waals surface area contributed by atoms with E-state index >= 15 is 0 Å². The van der Waals surface area contributed by atoms with Crippen molar-refractivity contribution in [1.29, 1.82) is 0 Å². The van der Waals surface area contributed by atoms with Crippen molar-refractivity contribution in [2.45, 2.75) is 4.90 Å². The summed E-state index contributed by atoms with van der Waals surface area (Å²) in [7, 11) is -1.87. The van der Waals surface area contributed by atoms with Crippen molar-refractivity contribution in [2.24, 2.45) is 7.05 Å². The molecule has 0 saturated carbocycles. The Kier molecular flexibility index (Phi) is 6.13. The molecule has 2 aromatic rings. The first-order valence-corrected chi connectivity index (χ1v) is 8.93. The molecule has 1 amide bonds. The lowest BCUT2D eigenvalue weighted by Crippen LogP contribution is -2.34. The molecule has 0 aliphatic carbocycles. The van der Waals surface area contributed by atoms with Crippen molar-refractivity contribution in [3.8, 4) is 0 Å². The number of hydrogen-bond acceptors (Lipinski definition) is 4. The van der Waals surface area contributed by atoms with Gasteiger partial charge in [0.15, 0.2) is 0 Å². The molecule has 128 valence electrons. The van der Waals surface area contributed by atoms with Crippen molar-refractivity contribution in [3.05, 3.63) is 53.3 Å². The molecule has 0 aliphatic heterocycles. The number of nitrogens with one attached hydrogen (secondary N) is 2. The van der Waals surface area contributed by atoms with Gasteiger partial charge in [-0.2, -0.15) is 5.10 Å². The second kappa shape index (κ2) is 8.09. The van der Waals surface area contributed by atoms with E-state index in [2.05, 4.69) is 15.1 Å². The van der Waals surface area contributed by atoms with Gasteiger partial charge in [0.2, 0.25) is 15.9 Å². The number of aromatic nitrogens is 2. The zero-order chi connectivity index (χ0) is 17.6. The van der Waals surface area contributed by atoms with E-state index in [4.69, 9.17) is 11.6 Å². The standard InChI is InChI=1S/C15H17ClN4O3S/c1-20-11-12(10-18-20)5-6-15(21)17-7-8-19-24(22,23)14-4-2-3-13(16)9-14/h2-6,9-11,19H,7-8H2,1H3,(H,17,21)/b6-5+. The van der Waals surface area contributed by atoms with Crippen LogP contribution in [0.3, 0.4) is 0 Å². The lowest BCUT2D eigenvalue weighted by Gasteiger charge is -2.07. The number of benzene rings is 1. The number of halogens is 1. The molecule has 0 saturated heterocycles. The fraction of sp³-hybridized carbons (Fsp3) is 0.200. The third kappa shape index (κ3) is 5.48. The van der Waals surface area contributed by atoms with Crippen LogP contribution in [0.1, 0.15) is 5.56 Å². The molecule has 0 unspecified atom stereocenters. The molecule has 2 N–H and O–H groups in total. The molecule has 24 heavy (non-hydrogen) atoms. The van der Waals surface area contributed by atoms with Crippen LogP contribution in [0.15, 0.2) is 47.6 Å². The molecule has 0 radical (unpaired) electrons. The van der Waals surface area contributed by atoms with Gasteiger partial charge in [-0.15, -0.1) is 0 Å². The molecule has 0 bridgehead atoms. The Morgan fingerprint density at radius 1 is 1.38 bits per heavy atom. The first kappa shape index (κ1) is 18.2. The molecule has 1 heterocycles. The number of hydrogen-bond donors (Lipinski definition) is 2. The van der Waals surface area contributed by atoms with Crippen LogP contribution >= 0.6 is 11.6 Å². The molecular formula is C15H17ClN4O3S. The molecule has 0 fully saturated rings. The van der Waals surface area contributed by atoms with Crippen LogP contribution in [-0.2, 0) is 21.9 Å². The fourth-order valence-electron chi connectivity index (χ4n) is 1.85. The molecule has 0 aliphatic rings. The first-order chi connectivity index (χ1) is 11.4. The van der Waals surface area contributed by atoms with E-state index in [-0.39, 0.29) is 23.9 Å². The molecule has 0 spiro atoms. The van der Waals surface area contributed by atoms with Crippen LogP contribution in [0.5, 0.6) is 0 Å². The Hall–Kier alpha value is -2.16. The van der Waals surface area contributed by atoms with E-state index in [1.807, 2.05) is 0 Å². The van der Waals surface area contributed by atoms with E-state index in [9.17, 15) is 13.2 Å². The number of carbonyl (C=O) groups excluding carboxylic acids is 1. The SMILES string of the molecule is Cn1cc(/C=C/C(=O)NCCNS(=O)(=O)c2cccc(Cl)c2)cn1. The lowest BCUT2D eigenvalue weighted by molar-refractivity contribution is -0.116. The second-order valence-corrected chi connectivity index (χ2v) is 7.13. The zero-order valence-corrected chi connectivity index (χ0v) is 14.5. The van der Waals surface area contributed by atoms with Crippen molar-refractivity contribution in [1.82, 2.24) is 19.8 Å². The van der Waals surface area contributed by atoms with Crippen LogP contribution < -0.4 is 10.0 Å². The van der Waals surface area contributed by atoms with E-state index < -0.39 is 10.0 Å². The van der Waals surface area contributed by atoms with Gasteiger partial charge in [0, 0.05) is 43.0 Å². The third-order valence-corrected chi connectivity index (χ3v) is 4.67. The largest absolute Gasteiger partial charge is 0.351 e. The van der Waals surface area contributed by atoms with E-state index in [1.165, 1.54) is 18.2 Å². The molecule has 9 heteroatoms. The minimum Gasteiger partial charge on any atom is -0.351 e. The van der Waals surface area contributed by atoms with E-state index in [0.29, 0.717) is 5.02 Å². The van der Waals surface area contributed by atoms with Gasteiger partial charge in [-0.25, -0.2) is 13.1 Å². The fourth-order valence-corrected chi connectivity index (χ4v) is 3.18. The molecule has 1 aromatic carbocycles. The number of nitrogens with zero attached hydrogens (tertiary/aromatic N) is 2. The van der Waals surface area contributed by atoms with Gasteiger partial charge in [0.1, 0.15) is 0 Å². The van der Waals surface area contributed by atoms with Crippen molar-refractivity contribution < 1.29 is 13.2 Å². The smallest absolute Gasteiger partial charge is 0.244 e. The summed E-state index contributed by atoms with van der Waals surface area (Å²) in [6.07, 6.45) is 6.38. The molecule has 0 atom stereocenters. The summed E-state index contributed by atoms with van der Waals surface area (Å²) in [4.78, 5) is 11.7. The number of carbonyl (C=O) groups is 1. The average molecular weight is 369 g/mol. The van der Waals surface area contributed by atoms with Gasteiger partial charge in [0.25, 0.3) is 0 Å². The topological polar surface area (TPSA) is 93.1 Å². The Morgan fingerprint density at radius 3 is 2.83 bits per heavy atom. The van der Waals surface area contributed by atoms with Crippen LogP contribution in [0.25, 0.3) is 6.08 Å². The highest BCUT2D eigenvalue weighted by Gasteiger charge is 2.13. The Bertz CT molecular complexity index is 846. The van der Waals surface area contributed by atoms with Gasteiger partial charge in [-0.05, 0) is 24.3 Å². The maximum atomic E-state index is 12.0. The maximum absolute atomic E-state index is 12.0. The van der Waals surface area contributed by atoms with Crippen LogP contribution in [0.2, 0.25) is 5.02 Å². The van der Waals surface area contributed by atoms with Crippen molar-refractivity contribution >= 4 is 33.6 Å². The summed E-state index contributed by atoms with van der Waals surface area (Å²) in [6.45, 7) is 0.233. The number of rotatable bonds is 7. The predicted octanol–water partition coefficient (Wildman–Crippen LogP) is 1.18. The highest BCUT2D eigenvalue weighted by Crippen LogP contribution is 2.14. The summed E-state index contributed by atoms with van der Waals surface area (Å²) in [5.41, 5.74) is 0.800. The summed E-state index contributed by atoms with van der Waals surface area (Å²) < 4.78 is 28.1. The molecule has 1 aromatic heterocycles. The van der Waals surface area contributed by atoms with Gasteiger partial charge in [0.05, 0.1) is 11.1 Å². The molecular weight excluding hydrogens is 352 g/mol. The highest BCUT2D eigenvalue weighted by molar-refractivity contribution is 7.89. The third-order valence-electron chi connectivity index (χ3n) is 2.97. The zero-order valence-electron chi connectivity index (χ0n) is 12.9. The van der Waals surface area contributed by atoms with Crippen LogP contribution in [-0.4, -0.2) is 37.2 Å². The molecule has 7 nitrogen and oxygen atoms in total. The normalized spacial score (nSPS) is 11.8. The maximum Gasteiger partial charge on any atom is 0.244 e. The quantitative estimate of drug-likeness (QED) is 0.567. The van der Waals surface area contributed by atoms with E-state index in [1.54, 1.807) is 42.3 Å². The minimum atomic E-state index is -3.65. The van der Waals surface area contributed by atoms with Gasteiger partial charge >= 0.3 is 0 Å². The van der Waals surface area contributed by atoms with Crippen LogP contribution in [0.4, 0.5) is 0 Å². The van der Waals surface area contributed by atoms with Crippen molar-refractivity contribution in [2.75, 3.05) is 13.1 Å². The Morgan fingerprint density at radius 2 is 2.17 bits per heavy atom. The Labute approximate surface area is 145 Å². The first-order valence-electron chi connectivity index (χ1n) is 7.06. The monoisotopic (exact) mass is 368 g/mol. The second-order valence-electron chi connectivity index (χ2n) is 4.93. The average Bonchev–Trinajstić information content (AvgIpc) is 2.95. The minimum absolute atomic E-state index is 0.0708. The van der Waals surface area contributed by atoms with E-state index in [0.717, 1.165) is 5.56 Å². The summed E-state index contributed by atoms with van der Waals surface area (Å²) >= 11 is 5.78. The van der Waals surface area contributed by atoms with Crippen LogP contribution in [0, 0.1) is 0 Å². The number of sulfonamides is 1. The summed E-state index contributed by atoms with van der Waals surface area (Å²) in [6, 6.07) is 5.96. The highest BCUT2D eigenvalue weighted by atomic mass is 35.5. The number of aryl methyl sites for hydroxylation is 1. The predicted molar refractivity (Wildman–Crippen MR) is 91.9 cm³/mol.